The zero-order chi connectivity index (χ0) is 47.4. The van der Waals surface area contributed by atoms with E-state index in [4.69, 9.17) is 4.98 Å². The molecule has 0 N–H and O–H groups in total. The fourth-order valence-electron chi connectivity index (χ4n) is 12.2. The normalized spacial score (nSPS) is 15.4. The molecule has 13 rings (SSSR count). The highest BCUT2D eigenvalue weighted by Gasteiger charge is 2.49. The average Bonchev–Trinajstić information content (AvgIpc) is 4.05. The molecule has 7 nitrogen and oxygen atoms in total. The van der Waals surface area contributed by atoms with E-state index in [1.54, 1.807) is 0 Å². The Hall–Kier alpha value is -7.81. The van der Waals surface area contributed by atoms with E-state index in [2.05, 4.69) is 258 Å². The smallest absolute Gasteiger partial charge is 0.360 e. The van der Waals surface area contributed by atoms with Gasteiger partial charge in [0.05, 0.1) is 33.8 Å². The van der Waals surface area contributed by atoms with E-state index < -0.39 is 8.07 Å². The van der Waals surface area contributed by atoms with Gasteiger partial charge >= 0.3 is 14.0 Å². The van der Waals surface area contributed by atoms with Crippen LogP contribution in [0.15, 0.2) is 188 Å². The molecule has 338 valence electrons. The van der Waals surface area contributed by atoms with Crippen molar-refractivity contribution in [3.8, 4) is 5.69 Å². The standard InChI is InChI=1S/C60H53B2N7Si/c1-41-21-16-22-42(2)57(41)61-67(47-29-14-9-15-30-47)53-39-56-54(65-40-64(45-25-10-7-11-26-45)50-33-19-35-55(59(50)65)70(56,5)6)38-52(53)68(61)48-31-18-32-49(37-48)69-60-51(34-20-36-63-60)66(46-27-12-8-13-28-46)62(69)58-43(3)23-17-24-44(58)4/h7-10,12-25,27-39H,11,26H2,1-6H3. The summed E-state index contributed by atoms with van der Waals surface area (Å²) in [5, 5.41) is 2.86. The molecule has 0 fully saturated rings. The largest absolute Gasteiger partial charge is 0.422 e. The maximum atomic E-state index is 5.21. The number of aromatic nitrogens is 3. The predicted molar refractivity (Wildman–Crippen MR) is 296 cm³/mol. The van der Waals surface area contributed by atoms with Crippen LogP contribution in [0.4, 0.5) is 45.6 Å². The van der Waals surface area contributed by atoms with Crippen LogP contribution >= 0.6 is 0 Å². The lowest BCUT2D eigenvalue weighted by atomic mass is 9.60. The number of fused-ring (bicyclic) bond motifs is 4. The predicted octanol–water partition coefficient (Wildman–Crippen LogP) is 11.0. The SMILES string of the molecule is Cc1cccc(C)c1B1N(c2cccc(N3B(c4c(C)cccc4C)N(c4ccccc4)c4cccnc43)c2)c2cc3c(cc2N1c1ccccc1)[Si](C)(C)c1cccc2c1n-3[c-][n+]2C1=CC=CCC1. The number of allylic oxidation sites excluding steroid dienone is 4. The fraction of sp³-hybridized carbons (Fsp3) is 0.133. The van der Waals surface area contributed by atoms with Crippen molar-refractivity contribution >= 4 is 106 Å². The number of aryl methyl sites for hydroxylation is 4. The number of rotatable bonds is 7. The van der Waals surface area contributed by atoms with E-state index in [1.165, 1.54) is 71.7 Å². The van der Waals surface area contributed by atoms with Crippen LogP contribution in [0.1, 0.15) is 35.1 Å². The van der Waals surface area contributed by atoms with Gasteiger partial charge in [0.1, 0.15) is 13.9 Å². The van der Waals surface area contributed by atoms with Crippen molar-refractivity contribution in [2.45, 2.75) is 53.6 Å². The highest BCUT2D eigenvalue weighted by Crippen LogP contribution is 2.50. The molecule has 0 amide bonds. The Labute approximate surface area is 413 Å². The van der Waals surface area contributed by atoms with Gasteiger partial charge in [-0.3, -0.25) is 9.13 Å². The topological polar surface area (TPSA) is 34.7 Å². The lowest BCUT2D eigenvalue weighted by Gasteiger charge is -2.34. The van der Waals surface area contributed by atoms with E-state index in [1.807, 2.05) is 6.20 Å². The van der Waals surface area contributed by atoms with Gasteiger partial charge in [0.25, 0.3) is 6.33 Å². The average molecular weight is 922 g/mol. The fourth-order valence-corrected chi connectivity index (χ4v) is 15.1. The molecule has 7 aromatic carbocycles. The van der Waals surface area contributed by atoms with Crippen molar-refractivity contribution in [2.75, 3.05) is 19.2 Å². The number of nitrogens with zero attached hydrogens (tertiary/aromatic N) is 7. The van der Waals surface area contributed by atoms with Crippen LogP contribution in [0.3, 0.4) is 0 Å². The minimum atomic E-state index is -2.29. The van der Waals surface area contributed by atoms with Crippen LogP contribution in [0.2, 0.25) is 13.1 Å². The summed E-state index contributed by atoms with van der Waals surface area (Å²) in [5.41, 5.74) is 20.5. The van der Waals surface area contributed by atoms with Crippen LogP contribution in [-0.2, 0) is 0 Å². The Bertz CT molecular complexity index is 3600. The summed E-state index contributed by atoms with van der Waals surface area (Å²) < 4.78 is 4.73. The molecule has 0 atom stereocenters. The van der Waals surface area contributed by atoms with Gasteiger partial charge in [-0.1, -0.05) is 151 Å². The van der Waals surface area contributed by atoms with Crippen LogP contribution in [-0.4, -0.2) is 31.6 Å². The molecule has 0 radical (unpaired) electrons. The summed E-state index contributed by atoms with van der Waals surface area (Å²) in [6.07, 6.45) is 14.6. The van der Waals surface area contributed by atoms with Crippen molar-refractivity contribution in [2.24, 2.45) is 0 Å². The first kappa shape index (κ1) is 42.3. The third-order valence-electron chi connectivity index (χ3n) is 15.4. The minimum Gasteiger partial charge on any atom is -0.360 e. The first-order chi connectivity index (χ1) is 34.2. The number of pyridine rings is 1. The third kappa shape index (κ3) is 6.28. The summed E-state index contributed by atoms with van der Waals surface area (Å²) >= 11 is 0. The number of hydrogen-bond donors (Lipinski definition) is 0. The molecule has 0 saturated carbocycles. The van der Waals surface area contributed by atoms with Crippen LogP contribution < -0.4 is 45.1 Å². The minimum absolute atomic E-state index is 0.197. The van der Waals surface area contributed by atoms with Gasteiger partial charge in [-0.25, -0.2) is 4.98 Å². The molecular weight excluding hydrogens is 868 g/mol. The first-order valence-electron chi connectivity index (χ1n) is 24.7. The van der Waals surface area contributed by atoms with E-state index in [-0.39, 0.29) is 14.0 Å². The summed E-state index contributed by atoms with van der Waals surface area (Å²) in [4.78, 5) is 15.4. The summed E-state index contributed by atoms with van der Waals surface area (Å²) in [6.45, 7) is 13.7. The number of hydrogen-bond acceptors (Lipinski definition) is 5. The second-order valence-corrected chi connectivity index (χ2v) is 24.3. The maximum Gasteiger partial charge on any atom is 0.422 e. The second kappa shape index (κ2) is 16.1. The van der Waals surface area contributed by atoms with Gasteiger partial charge in [0, 0.05) is 34.6 Å². The first-order valence-corrected chi connectivity index (χ1v) is 27.7. The van der Waals surface area contributed by atoms with Crippen molar-refractivity contribution in [3.05, 3.63) is 217 Å². The molecule has 10 heteroatoms. The highest BCUT2D eigenvalue weighted by molar-refractivity contribution is 7.03. The van der Waals surface area contributed by atoms with E-state index in [9.17, 15) is 0 Å². The molecule has 2 aromatic heterocycles. The number of benzene rings is 7. The lowest BCUT2D eigenvalue weighted by Crippen LogP contribution is -2.57. The third-order valence-corrected chi connectivity index (χ3v) is 18.9. The Kier molecular flexibility index (Phi) is 9.75. The van der Waals surface area contributed by atoms with Crippen molar-refractivity contribution in [3.63, 3.8) is 0 Å². The second-order valence-electron chi connectivity index (χ2n) is 19.9. The Morgan fingerprint density at radius 2 is 1.09 bits per heavy atom. The number of anilines is 8. The lowest BCUT2D eigenvalue weighted by molar-refractivity contribution is -0.560. The Balaban J connectivity index is 1.07. The van der Waals surface area contributed by atoms with Gasteiger partial charge in [-0.15, -0.1) is 0 Å². The molecule has 0 bridgehead atoms. The molecule has 0 spiro atoms. The summed E-state index contributed by atoms with van der Waals surface area (Å²) in [5.74, 6) is 0.930. The maximum absolute atomic E-state index is 5.21. The van der Waals surface area contributed by atoms with Crippen LogP contribution in [0.25, 0.3) is 22.4 Å². The Morgan fingerprint density at radius 1 is 0.529 bits per heavy atom. The molecule has 70 heavy (non-hydrogen) atoms. The Morgan fingerprint density at radius 3 is 1.73 bits per heavy atom. The highest BCUT2D eigenvalue weighted by atomic mass is 28.3. The van der Waals surface area contributed by atoms with Gasteiger partial charge in [-0.2, -0.15) is 0 Å². The molecule has 4 aliphatic rings. The number of para-hydroxylation sites is 3. The van der Waals surface area contributed by atoms with Crippen molar-refractivity contribution in [1.29, 1.82) is 0 Å². The summed E-state index contributed by atoms with van der Waals surface area (Å²) in [7, 11) is -2.29. The van der Waals surface area contributed by atoms with Gasteiger partial charge in [-0.05, 0) is 129 Å². The van der Waals surface area contributed by atoms with Gasteiger partial charge in [0.15, 0.2) is 0 Å². The van der Waals surface area contributed by atoms with Crippen molar-refractivity contribution in [1.82, 2.24) is 9.55 Å². The zero-order valence-corrected chi connectivity index (χ0v) is 41.6. The van der Waals surface area contributed by atoms with Gasteiger partial charge < -0.3 is 19.2 Å². The molecule has 0 unspecified atom stereocenters. The summed E-state index contributed by atoms with van der Waals surface area (Å²) in [6, 6.07) is 60.8. The van der Waals surface area contributed by atoms with Gasteiger partial charge in [0.2, 0.25) is 0 Å². The van der Waals surface area contributed by atoms with Crippen molar-refractivity contribution < 1.29 is 4.57 Å². The quantitative estimate of drug-likeness (QED) is 0.0904. The molecule has 3 aliphatic heterocycles. The zero-order valence-electron chi connectivity index (χ0n) is 40.6. The van der Waals surface area contributed by atoms with E-state index in [0.29, 0.717) is 0 Å². The molecule has 9 aromatic rings. The van der Waals surface area contributed by atoms with E-state index >= 15 is 0 Å². The van der Waals surface area contributed by atoms with Crippen LogP contribution in [0, 0.1) is 34.0 Å². The molecule has 5 heterocycles. The molecular formula is C60H53B2N7Si. The molecule has 1 aliphatic carbocycles. The van der Waals surface area contributed by atoms with E-state index in [0.717, 1.165) is 52.8 Å². The van der Waals surface area contributed by atoms with Crippen LogP contribution in [0.5, 0.6) is 0 Å². The number of imidazole rings is 1. The monoisotopic (exact) mass is 921 g/mol. The molecule has 0 saturated heterocycles.